The number of ether oxygens (including phenoxy) is 1. The molecule has 0 saturated carbocycles. The van der Waals surface area contributed by atoms with E-state index < -0.39 is 11.6 Å². The molecule has 0 fully saturated rings. The zero-order valence-electron chi connectivity index (χ0n) is 16.3. The van der Waals surface area contributed by atoms with Gasteiger partial charge in [-0.05, 0) is 31.5 Å². The molecular formula is C21H25N3O3S. The molecule has 2 aromatic carbocycles. The minimum atomic E-state index is -0.933. The van der Waals surface area contributed by atoms with Crippen LogP contribution in [0.4, 0.5) is 10.5 Å². The number of benzene rings is 2. The van der Waals surface area contributed by atoms with E-state index in [9.17, 15) is 9.59 Å². The summed E-state index contributed by atoms with van der Waals surface area (Å²) in [5.41, 5.74) is 0.752. The lowest BCUT2D eigenvalue weighted by molar-refractivity contribution is -0.122. The lowest BCUT2D eigenvalue weighted by atomic mass is 10.0. The molecule has 0 heterocycles. The Kier molecular flexibility index (Phi) is 7.52. The van der Waals surface area contributed by atoms with Gasteiger partial charge in [0.15, 0.2) is 0 Å². The summed E-state index contributed by atoms with van der Waals surface area (Å²) in [5.74, 6) is -0.146. The summed E-state index contributed by atoms with van der Waals surface area (Å²) in [6, 6.07) is 18.7. The molecule has 6 nitrogen and oxygen atoms in total. The van der Waals surface area contributed by atoms with Crippen molar-refractivity contribution in [2.45, 2.75) is 26.0 Å². The number of hydrogen-bond acceptors (Lipinski definition) is 4. The summed E-state index contributed by atoms with van der Waals surface area (Å²) >= 11 is 5.27. The highest BCUT2D eigenvalue weighted by Crippen LogP contribution is 2.16. The van der Waals surface area contributed by atoms with Gasteiger partial charge in [0.25, 0.3) is 5.91 Å². The SMILES string of the molecule is CN(C(=O)C(C)(C)NC(=S)CNC(=O)OCc1ccccc1)c1ccccc1. The smallest absolute Gasteiger partial charge is 0.407 e. The highest BCUT2D eigenvalue weighted by molar-refractivity contribution is 7.80. The first-order valence-corrected chi connectivity index (χ1v) is 9.29. The maximum absolute atomic E-state index is 12.8. The monoisotopic (exact) mass is 399 g/mol. The molecule has 0 aromatic heterocycles. The van der Waals surface area contributed by atoms with Crippen LogP contribution in [-0.4, -0.2) is 36.1 Å². The van der Waals surface area contributed by atoms with E-state index in [1.165, 1.54) is 0 Å². The molecule has 2 N–H and O–H groups in total. The minimum absolute atomic E-state index is 0.0781. The van der Waals surface area contributed by atoms with Crippen molar-refractivity contribution in [2.24, 2.45) is 0 Å². The summed E-state index contributed by atoms with van der Waals surface area (Å²) < 4.78 is 5.14. The van der Waals surface area contributed by atoms with Gasteiger partial charge in [0, 0.05) is 12.7 Å². The van der Waals surface area contributed by atoms with E-state index in [1.807, 2.05) is 60.7 Å². The van der Waals surface area contributed by atoms with Crippen molar-refractivity contribution < 1.29 is 14.3 Å². The molecule has 2 amide bonds. The fourth-order valence-electron chi connectivity index (χ4n) is 2.56. The van der Waals surface area contributed by atoms with E-state index in [-0.39, 0.29) is 19.1 Å². The maximum atomic E-state index is 12.8. The zero-order valence-corrected chi connectivity index (χ0v) is 17.1. The van der Waals surface area contributed by atoms with Crippen molar-refractivity contribution in [3.05, 3.63) is 66.2 Å². The normalized spacial score (nSPS) is 10.7. The number of thiocarbonyl (C=S) groups is 1. The van der Waals surface area contributed by atoms with Gasteiger partial charge in [-0.1, -0.05) is 60.7 Å². The maximum Gasteiger partial charge on any atom is 0.407 e. The van der Waals surface area contributed by atoms with Crippen LogP contribution in [0, 0.1) is 0 Å². The van der Waals surface area contributed by atoms with Gasteiger partial charge in [-0.15, -0.1) is 0 Å². The highest BCUT2D eigenvalue weighted by atomic mass is 32.1. The lowest BCUT2D eigenvalue weighted by Crippen LogP contribution is -2.56. The molecule has 148 valence electrons. The standard InChI is InChI=1S/C21H25N3O3S/c1-21(2,19(25)24(3)17-12-8-5-9-13-17)23-18(28)14-22-20(26)27-15-16-10-6-4-7-11-16/h4-13H,14-15H2,1-3H3,(H,22,26)(H,23,28). The van der Waals surface area contributed by atoms with Crippen LogP contribution >= 0.6 is 12.2 Å². The molecule has 0 atom stereocenters. The fourth-order valence-corrected chi connectivity index (χ4v) is 2.89. The molecule has 0 unspecified atom stereocenters. The van der Waals surface area contributed by atoms with Crippen LogP contribution in [0.1, 0.15) is 19.4 Å². The first-order valence-electron chi connectivity index (χ1n) is 8.88. The second kappa shape index (κ2) is 9.85. The molecular weight excluding hydrogens is 374 g/mol. The number of rotatable bonds is 7. The molecule has 0 aliphatic heterocycles. The number of amides is 2. The Morgan fingerprint density at radius 3 is 2.21 bits per heavy atom. The molecule has 0 aliphatic carbocycles. The predicted molar refractivity (Wildman–Crippen MR) is 114 cm³/mol. The topological polar surface area (TPSA) is 70.7 Å². The van der Waals surface area contributed by atoms with Crippen molar-refractivity contribution in [3.63, 3.8) is 0 Å². The van der Waals surface area contributed by atoms with Gasteiger partial charge >= 0.3 is 6.09 Å². The van der Waals surface area contributed by atoms with E-state index in [0.717, 1.165) is 11.3 Å². The van der Waals surface area contributed by atoms with Gasteiger partial charge in [0.05, 0.1) is 11.5 Å². The number of carbonyl (C=O) groups excluding carboxylic acids is 2. The van der Waals surface area contributed by atoms with E-state index in [1.54, 1.807) is 25.8 Å². The molecule has 0 radical (unpaired) electrons. The average Bonchev–Trinajstić information content (AvgIpc) is 2.70. The van der Waals surface area contributed by atoms with Gasteiger partial charge in [-0.2, -0.15) is 0 Å². The quantitative estimate of drug-likeness (QED) is 0.700. The first-order chi connectivity index (χ1) is 13.3. The number of anilines is 1. The number of para-hydroxylation sites is 1. The van der Waals surface area contributed by atoms with Gasteiger partial charge in [0.2, 0.25) is 0 Å². The zero-order chi connectivity index (χ0) is 20.6. The second-order valence-corrected chi connectivity index (χ2v) is 7.28. The van der Waals surface area contributed by atoms with Crippen LogP contribution in [-0.2, 0) is 16.1 Å². The average molecular weight is 400 g/mol. The lowest BCUT2D eigenvalue weighted by Gasteiger charge is -2.31. The van der Waals surface area contributed by atoms with Gasteiger partial charge in [0.1, 0.15) is 12.1 Å². The summed E-state index contributed by atoms with van der Waals surface area (Å²) in [4.78, 5) is 26.5. The van der Waals surface area contributed by atoms with Crippen LogP contribution in [0.25, 0.3) is 0 Å². The third kappa shape index (κ3) is 6.35. The summed E-state index contributed by atoms with van der Waals surface area (Å²) in [7, 11) is 1.71. The van der Waals surface area contributed by atoms with E-state index in [0.29, 0.717) is 4.99 Å². The number of nitrogens with one attached hydrogen (secondary N) is 2. The molecule has 7 heteroatoms. The Labute approximate surface area is 170 Å². The summed E-state index contributed by atoms with van der Waals surface area (Å²) in [5, 5.41) is 5.59. The van der Waals surface area contributed by atoms with E-state index >= 15 is 0 Å². The van der Waals surface area contributed by atoms with Crippen LogP contribution in [0.15, 0.2) is 60.7 Å². The van der Waals surface area contributed by atoms with Crippen molar-refractivity contribution in [1.29, 1.82) is 0 Å². The Bertz CT molecular complexity index is 810. The van der Waals surface area contributed by atoms with Crippen LogP contribution in [0.2, 0.25) is 0 Å². The van der Waals surface area contributed by atoms with Crippen molar-refractivity contribution in [3.8, 4) is 0 Å². The van der Waals surface area contributed by atoms with Crippen LogP contribution in [0.5, 0.6) is 0 Å². The first kappa shape index (κ1) is 21.4. The van der Waals surface area contributed by atoms with E-state index in [4.69, 9.17) is 17.0 Å². The van der Waals surface area contributed by atoms with Gasteiger partial charge in [-0.25, -0.2) is 4.79 Å². The van der Waals surface area contributed by atoms with E-state index in [2.05, 4.69) is 10.6 Å². The Hall–Kier alpha value is -2.93. The Balaban J connectivity index is 1.80. The fraction of sp³-hybridized carbons (Fsp3) is 0.286. The molecule has 0 spiro atoms. The van der Waals surface area contributed by atoms with Gasteiger partial charge < -0.3 is 20.3 Å². The van der Waals surface area contributed by atoms with Crippen molar-refractivity contribution in [2.75, 3.05) is 18.5 Å². The third-order valence-corrected chi connectivity index (χ3v) is 4.29. The largest absolute Gasteiger partial charge is 0.445 e. The highest BCUT2D eigenvalue weighted by Gasteiger charge is 2.31. The Morgan fingerprint density at radius 1 is 1.04 bits per heavy atom. The predicted octanol–water partition coefficient (Wildman–Crippen LogP) is 3.27. The van der Waals surface area contributed by atoms with Crippen LogP contribution in [0.3, 0.4) is 0 Å². The minimum Gasteiger partial charge on any atom is -0.445 e. The molecule has 2 rings (SSSR count). The number of carbonyl (C=O) groups is 2. The number of hydrogen-bond donors (Lipinski definition) is 2. The number of alkyl carbamates (subject to hydrolysis) is 1. The molecule has 28 heavy (non-hydrogen) atoms. The summed E-state index contributed by atoms with van der Waals surface area (Å²) in [6.45, 7) is 3.75. The molecule has 0 saturated heterocycles. The number of nitrogens with zero attached hydrogens (tertiary/aromatic N) is 1. The van der Waals surface area contributed by atoms with Gasteiger partial charge in [-0.3, -0.25) is 4.79 Å². The molecule has 0 aliphatic rings. The second-order valence-electron chi connectivity index (χ2n) is 6.79. The van der Waals surface area contributed by atoms with Crippen molar-refractivity contribution in [1.82, 2.24) is 10.6 Å². The Morgan fingerprint density at radius 2 is 1.61 bits per heavy atom. The summed E-state index contributed by atoms with van der Waals surface area (Å²) in [6.07, 6.45) is -0.571. The van der Waals surface area contributed by atoms with Crippen LogP contribution < -0.4 is 15.5 Å². The van der Waals surface area contributed by atoms with Crippen molar-refractivity contribution >= 4 is 34.9 Å². The molecule has 0 bridgehead atoms. The molecule has 2 aromatic rings. The number of likely N-dealkylation sites (N-methyl/N-ethyl adjacent to an activating group) is 1. The third-order valence-electron chi connectivity index (χ3n) is 4.04.